The average molecular weight is 189 g/mol. The summed E-state index contributed by atoms with van der Waals surface area (Å²) in [5.74, 6) is 0.0234. The van der Waals surface area contributed by atoms with E-state index in [0.717, 1.165) is 0 Å². The fraction of sp³-hybridized carbons (Fsp3) is 0.750. The number of hydrogen-bond donors (Lipinski definition) is 1. The minimum absolute atomic E-state index is 0. The van der Waals surface area contributed by atoms with Crippen molar-refractivity contribution in [3.05, 3.63) is 0 Å². The van der Waals surface area contributed by atoms with Crippen molar-refractivity contribution in [2.24, 2.45) is 5.92 Å². The molecular formula is C8H15NO4. The second kappa shape index (κ2) is 4.23. The third-order valence-corrected chi connectivity index (χ3v) is 2.03. The summed E-state index contributed by atoms with van der Waals surface area (Å²) >= 11 is 0. The quantitative estimate of drug-likeness (QED) is 0.688. The predicted octanol–water partition coefficient (Wildman–Crippen LogP) is 0.192. The smallest absolute Gasteiger partial charge is 0.407 e. The molecule has 1 N–H and O–H groups in total. The molecule has 0 aromatic carbocycles. The van der Waals surface area contributed by atoms with Crippen LogP contribution in [-0.2, 0) is 14.3 Å². The van der Waals surface area contributed by atoms with E-state index in [1.807, 2.05) is 0 Å². The molecule has 1 saturated heterocycles. The Bertz CT molecular complexity index is 217. The zero-order valence-electron chi connectivity index (χ0n) is 7.70. The summed E-state index contributed by atoms with van der Waals surface area (Å²) in [7, 11) is 1.27. The Labute approximate surface area is 77.9 Å². The Balaban J connectivity index is 0.00000169. The normalized spacial score (nSPS) is 18.6. The van der Waals surface area contributed by atoms with Crippen molar-refractivity contribution in [3.8, 4) is 0 Å². The second-order valence-electron chi connectivity index (χ2n) is 3.02. The van der Waals surface area contributed by atoms with Gasteiger partial charge in [-0.15, -0.1) is 0 Å². The number of ether oxygens (including phenoxy) is 2. The summed E-state index contributed by atoms with van der Waals surface area (Å²) in [5.41, 5.74) is 0. The van der Waals surface area contributed by atoms with Gasteiger partial charge in [0.15, 0.2) is 5.78 Å². The lowest BCUT2D eigenvalue weighted by Crippen LogP contribution is -2.51. The molecule has 0 saturated carbocycles. The highest BCUT2D eigenvalue weighted by molar-refractivity contribution is 5.85. The van der Waals surface area contributed by atoms with E-state index in [1.54, 1.807) is 0 Å². The van der Waals surface area contributed by atoms with E-state index in [9.17, 15) is 9.59 Å². The number of Topliss-reactive ketones (excluding diaryl/α,β-unsaturated/α-hetero) is 1. The molecular weight excluding hydrogens is 174 g/mol. The van der Waals surface area contributed by atoms with Crippen molar-refractivity contribution in [2.45, 2.75) is 13.0 Å². The van der Waals surface area contributed by atoms with E-state index in [-0.39, 0.29) is 13.1 Å². The Kier molecular flexibility index (Phi) is 3.25. The number of rotatable bonds is 3. The zero-order chi connectivity index (χ0) is 9.84. The van der Waals surface area contributed by atoms with Crippen LogP contribution in [0, 0.1) is 5.92 Å². The molecule has 1 fully saturated rings. The molecule has 0 aromatic heterocycles. The Morgan fingerprint density at radius 3 is 2.54 bits per heavy atom. The Morgan fingerprint density at radius 1 is 1.62 bits per heavy atom. The molecule has 1 amide bonds. The number of nitrogens with one attached hydrogen (secondary N) is 1. The maximum absolute atomic E-state index is 11.1. The first-order valence-corrected chi connectivity index (χ1v) is 4.08. The van der Waals surface area contributed by atoms with Crippen LogP contribution in [0.15, 0.2) is 0 Å². The lowest BCUT2D eigenvalue weighted by molar-refractivity contribution is -0.126. The van der Waals surface area contributed by atoms with Crippen molar-refractivity contribution in [2.75, 3.05) is 20.3 Å². The highest BCUT2D eigenvalue weighted by Gasteiger charge is 2.32. The molecule has 13 heavy (non-hydrogen) atoms. The van der Waals surface area contributed by atoms with Gasteiger partial charge in [0.2, 0.25) is 0 Å². The van der Waals surface area contributed by atoms with Crippen molar-refractivity contribution in [3.63, 3.8) is 0 Å². The molecule has 5 heteroatoms. The number of hydrogen-bond acceptors (Lipinski definition) is 4. The summed E-state index contributed by atoms with van der Waals surface area (Å²) in [6, 6.07) is -0.471. The number of carbonyl (C=O) groups excluding carboxylic acids is 2. The molecule has 1 aliphatic heterocycles. The van der Waals surface area contributed by atoms with Gasteiger partial charge in [-0.25, -0.2) is 4.79 Å². The predicted molar refractivity (Wildman–Crippen MR) is 46.4 cm³/mol. The van der Waals surface area contributed by atoms with Gasteiger partial charge in [0.1, 0.15) is 0 Å². The number of ketones is 1. The van der Waals surface area contributed by atoms with Crippen LogP contribution in [0.3, 0.4) is 0 Å². The van der Waals surface area contributed by atoms with E-state index in [4.69, 9.17) is 4.74 Å². The number of methoxy groups -OCH3 is 1. The first-order valence-electron chi connectivity index (χ1n) is 4.08. The van der Waals surface area contributed by atoms with Crippen molar-refractivity contribution in [1.82, 2.24) is 5.32 Å². The summed E-state index contributed by atoms with van der Waals surface area (Å²) in [5, 5.41) is 2.48. The van der Waals surface area contributed by atoms with Gasteiger partial charge < -0.3 is 14.8 Å². The van der Waals surface area contributed by atoms with Crippen LogP contribution in [0.4, 0.5) is 4.79 Å². The third kappa shape index (κ3) is 2.42. The van der Waals surface area contributed by atoms with Gasteiger partial charge >= 0.3 is 6.09 Å². The lowest BCUT2D eigenvalue weighted by atomic mass is 9.95. The van der Waals surface area contributed by atoms with E-state index >= 15 is 0 Å². The largest absolute Gasteiger partial charge is 0.453 e. The molecule has 1 unspecified atom stereocenters. The average Bonchev–Trinajstić information content (AvgIpc) is 1.99. The van der Waals surface area contributed by atoms with E-state index < -0.39 is 12.1 Å². The molecule has 1 heterocycles. The molecule has 0 bridgehead atoms. The SMILES string of the molecule is COC(=O)NC(C(C)=O)C1COC1.[HH]. The van der Waals surface area contributed by atoms with Crippen molar-refractivity contribution in [1.29, 1.82) is 0 Å². The molecule has 0 aromatic rings. The van der Waals surface area contributed by atoms with Crippen LogP contribution in [-0.4, -0.2) is 38.2 Å². The first-order chi connectivity index (χ1) is 6.15. The summed E-state index contributed by atoms with van der Waals surface area (Å²) in [4.78, 5) is 21.9. The van der Waals surface area contributed by atoms with Gasteiger partial charge in [-0.2, -0.15) is 0 Å². The van der Waals surface area contributed by atoms with Crippen LogP contribution in [0.25, 0.3) is 0 Å². The summed E-state index contributed by atoms with van der Waals surface area (Å²) in [6.07, 6.45) is -0.577. The van der Waals surface area contributed by atoms with Gasteiger partial charge in [0.25, 0.3) is 0 Å². The van der Waals surface area contributed by atoms with Crippen molar-refractivity contribution >= 4 is 11.9 Å². The number of carbonyl (C=O) groups is 2. The van der Waals surface area contributed by atoms with Crippen LogP contribution in [0.2, 0.25) is 0 Å². The van der Waals surface area contributed by atoms with Crippen molar-refractivity contribution < 1.29 is 20.5 Å². The van der Waals surface area contributed by atoms with E-state index in [1.165, 1.54) is 14.0 Å². The Morgan fingerprint density at radius 2 is 2.23 bits per heavy atom. The molecule has 1 aliphatic rings. The molecule has 0 spiro atoms. The van der Waals surface area contributed by atoms with Crippen LogP contribution in [0.5, 0.6) is 0 Å². The maximum atomic E-state index is 11.1. The first kappa shape index (κ1) is 9.98. The minimum Gasteiger partial charge on any atom is -0.453 e. The summed E-state index contributed by atoms with van der Waals surface area (Å²) < 4.78 is 9.34. The van der Waals surface area contributed by atoms with E-state index in [2.05, 4.69) is 10.1 Å². The molecule has 76 valence electrons. The topological polar surface area (TPSA) is 64.6 Å². The molecule has 0 radical (unpaired) electrons. The standard InChI is InChI=1S/C8H13NO4.H2/c1-5(10)7(6-3-13-4-6)9-8(11)12-2;/h6-7H,3-4H2,1-2H3,(H,9,11);1H. The fourth-order valence-electron chi connectivity index (χ4n) is 1.18. The highest BCUT2D eigenvalue weighted by Crippen LogP contribution is 2.15. The monoisotopic (exact) mass is 189 g/mol. The third-order valence-electron chi connectivity index (χ3n) is 2.03. The lowest BCUT2D eigenvalue weighted by Gasteiger charge is -2.32. The Hall–Kier alpha value is -1.10. The van der Waals surface area contributed by atoms with Gasteiger partial charge in [0.05, 0.1) is 26.4 Å². The van der Waals surface area contributed by atoms with E-state index in [0.29, 0.717) is 13.2 Å². The highest BCUT2D eigenvalue weighted by atomic mass is 16.5. The molecule has 0 aliphatic carbocycles. The maximum Gasteiger partial charge on any atom is 0.407 e. The molecule has 1 rings (SSSR count). The minimum atomic E-state index is -0.577. The van der Waals surface area contributed by atoms with Crippen LogP contribution in [0.1, 0.15) is 8.35 Å². The summed E-state index contributed by atoms with van der Waals surface area (Å²) in [6.45, 7) is 2.49. The molecule has 5 nitrogen and oxygen atoms in total. The second-order valence-corrected chi connectivity index (χ2v) is 3.02. The van der Waals surface area contributed by atoms with Gasteiger partial charge in [-0.1, -0.05) is 0 Å². The van der Waals surface area contributed by atoms with Crippen LogP contribution >= 0.6 is 0 Å². The number of amides is 1. The number of alkyl carbamates (subject to hydrolysis) is 1. The molecule has 1 atom stereocenters. The fourth-order valence-corrected chi connectivity index (χ4v) is 1.18. The van der Waals surface area contributed by atoms with Crippen LogP contribution < -0.4 is 5.32 Å². The van der Waals surface area contributed by atoms with Gasteiger partial charge in [-0.05, 0) is 6.92 Å². The van der Waals surface area contributed by atoms with Gasteiger partial charge in [0, 0.05) is 7.34 Å². The van der Waals surface area contributed by atoms with Gasteiger partial charge in [-0.3, -0.25) is 4.79 Å². The zero-order valence-corrected chi connectivity index (χ0v) is 7.70.